The minimum atomic E-state index is 0.00236. The summed E-state index contributed by atoms with van der Waals surface area (Å²) in [6, 6.07) is 13.5. The molecule has 1 aromatic carbocycles. The van der Waals surface area contributed by atoms with Gasteiger partial charge in [0.2, 0.25) is 5.91 Å². The van der Waals surface area contributed by atoms with Crippen LogP contribution < -0.4 is 10.1 Å². The number of nitrogens with zero attached hydrogens (tertiary/aromatic N) is 3. The van der Waals surface area contributed by atoms with Crippen LogP contribution in [0.3, 0.4) is 0 Å². The maximum atomic E-state index is 12.3. The van der Waals surface area contributed by atoms with Gasteiger partial charge in [0.25, 0.3) is 0 Å². The summed E-state index contributed by atoms with van der Waals surface area (Å²) in [5.41, 5.74) is 4.79. The second kappa shape index (κ2) is 10.7. The third-order valence-corrected chi connectivity index (χ3v) is 5.23. The second-order valence-corrected chi connectivity index (χ2v) is 7.67. The van der Waals surface area contributed by atoms with Crippen LogP contribution in [-0.4, -0.2) is 27.1 Å². The smallest absolute Gasteiger partial charge is 0.220 e. The summed E-state index contributed by atoms with van der Waals surface area (Å²) in [5.74, 6) is 0.757. The lowest BCUT2D eigenvalue weighted by Crippen LogP contribution is -2.23. The maximum absolute atomic E-state index is 12.3. The van der Waals surface area contributed by atoms with Gasteiger partial charge in [-0.3, -0.25) is 9.78 Å². The number of carbonyl (C=O) groups excluding carboxylic acids is 1. The Labute approximate surface area is 181 Å². The molecule has 0 saturated carbocycles. The molecule has 1 amide bonds. The van der Waals surface area contributed by atoms with Crippen molar-refractivity contribution in [2.24, 2.45) is 0 Å². The molecule has 0 bridgehead atoms. The molecule has 6 nitrogen and oxygen atoms in total. The molecule has 2 heterocycles. The van der Waals surface area contributed by atoms with Gasteiger partial charge in [0.05, 0.1) is 5.69 Å². The highest BCUT2D eigenvalue weighted by Crippen LogP contribution is 2.17. The maximum Gasteiger partial charge on any atom is 0.220 e. The van der Waals surface area contributed by atoms with E-state index < -0.39 is 0 Å². The third-order valence-electron chi connectivity index (χ3n) is 4.69. The third kappa shape index (κ3) is 6.29. The highest BCUT2D eigenvalue weighted by molar-refractivity contribution is 7.98. The van der Waals surface area contributed by atoms with Gasteiger partial charge in [-0.25, -0.2) is 9.97 Å². The highest BCUT2D eigenvalue weighted by atomic mass is 32.2. The quantitative estimate of drug-likeness (QED) is 0.414. The fraction of sp³-hybridized carbons (Fsp3) is 0.304. The van der Waals surface area contributed by atoms with E-state index in [-0.39, 0.29) is 5.91 Å². The molecule has 0 atom stereocenters. The molecular formula is C23H26N4O2S. The minimum Gasteiger partial charge on any atom is -0.487 e. The zero-order valence-electron chi connectivity index (χ0n) is 17.5. The van der Waals surface area contributed by atoms with Crippen LogP contribution in [0.5, 0.6) is 5.75 Å². The molecule has 0 radical (unpaired) electrons. The fourth-order valence-corrected chi connectivity index (χ4v) is 3.53. The molecule has 0 aliphatic carbocycles. The largest absolute Gasteiger partial charge is 0.487 e. The zero-order valence-corrected chi connectivity index (χ0v) is 18.3. The molecule has 0 saturated heterocycles. The standard InChI is InChI=1S/C23H26N4O2S/c1-16-21(17(2)27-23(26-16)30-3)10-11-22(28)25-14-18-7-6-9-20(13-18)29-15-19-8-4-5-12-24-19/h4-9,12-13H,10-11,14-15H2,1-3H3,(H,25,28). The van der Waals surface area contributed by atoms with Gasteiger partial charge in [-0.15, -0.1) is 0 Å². The lowest BCUT2D eigenvalue weighted by molar-refractivity contribution is -0.121. The SMILES string of the molecule is CSc1nc(C)c(CCC(=O)NCc2cccc(OCc3ccccn3)c2)c(C)n1. The average Bonchev–Trinajstić information content (AvgIpc) is 2.76. The van der Waals surface area contributed by atoms with Crippen LogP contribution in [0.2, 0.25) is 0 Å². The molecule has 3 rings (SSSR count). The lowest BCUT2D eigenvalue weighted by Gasteiger charge is -2.11. The van der Waals surface area contributed by atoms with Gasteiger partial charge in [0.15, 0.2) is 5.16 Å². The fourth-order valence-electron chi connectivity index (χ4n) is 3.08. The second-order valence-electron chi connectivity index (χ2n) is 6.89. The number of hydrogen-bond acceptors (Lipinski definition) is 6. The number of rotatable bonds is 9. The minimum absolute atomic E-state index is 0.00236. The molecule has 7 heteroatoms. The Morgan fingerprint density at radius 2 is 1.90 bits per heavy atom. The van der Waals surface area contributed by atoms with E-state index in [2.05, 4.69) is 20.3 Å². The van der Waals surface area contributed by atoms with Crippen LogP contribution in [0.1, 0.15) is 34.6 Å². The summed E-state index contributed by atoms with van der Waals surface area (Å²) in [5, 5.41) is 3.75. The van der Waals surface area contributed by atoms with Crippen LogP contribution in [0.15, 0.2) is 53.8 Å². The van der Waals surface area contributed by atoms with E-state index in [0.717, 1.165) is 39.1 Å². The molecule has 30 heavy (non-hydrogen) atoms. The summed E-state index contributed by atoms with van der Waals surface area (Å²) in [6.07, 6.45) is 4.74. The van der Waals surface area contributed by atoms with Crippen molar-refractivity contribution in [3.63, 3.8) is 0 Å². The first-order valence-electron chi connectivity index (χ1n) is 9.81. The van der Waals surface area contributed by atoms with Crippen molar-refractivity contribution in [2.45, 2.75) is 45.0 Å². The average molecular weight is 423 g/mol. The van der Waals surface area contributed by atoms with Gasteiger partial charge >= 0.3 is 0 Å². The van der Waals surface area contributed by atoms with Crippen molar-refractivity contribution in [1.29, 1.82) is 0 Å². The zero-order chi connectivity index (χ0) is 21.3. The van der Waals surface area contributed by atoms with E-state index >= 15 is 0 Å². The molecule has 1 N–H and O–H groups in total. The number of hydrogen-bond donors (Lipinski definition) is 1. The molecule has 0 aliphatic heterocycles. The van der Waals surface area contributed by atoms with E-state index in [0.29, 0.717) is 26.0 Å². The monoisotopic (exact) mass is 422 g/mol. The number of nitrogens with one attached hydrogen (secondary N) is 1. The van der Waals surface area contributed by atoms with Gasteiger partial charge in [0, 0.05) is 30.6 Å². The molecule has 0 aliphatic rings. The van der Waals surface area contributed by atoms with Crippen LogP contribution >= 0.6 is 11.8 Å². The molecular weight excluding hydrogens is 396 g/mol. The Bertz CT molecular complexity index is 972. The summed E-state index contributed by atoms with van der Waals surface area (Å²) in [7, 11) is 0. The number of pyridine rings is 1. The summed E-state index contributed by atoms with van der Waals surface area (Å²) in [6.45, 7) is 4.81. The van der Waals surface area contributed by atoms with E-state index in [9.17, 15) is 4.79 Å². The number of aryl methyl sites for hydroxylation is 2. The summed E-state index contributed by atoms with van der Waals surface area (Å²) < 4.78 is 5.80. The Hall–Kier alpha value is -2.93. The Morgan fingerprint density at radius 3 is 2.60 bits per heavy atom. The Balaban J connectivity index is 1.49. The first-order chi connectivity index (χ1) is 14.5. The first-order valence-corrected chi connectivity index (χ1v) is 11.0. The van der Waals surface area contributed by atoms with E-state index in [4.69, 9.17) is 4.74 Å². The van der Waals surface area contributed by atoms with Crippen molar-refractivity contribution in [1.82, 2.24) is 20.3 Å². The Kier molecular flexibility index (Phi) is 7.79. The Morgan fingerprint density at radius 1 is 1.10 bits per heavy atom. The number of amides is 1. The predicted octanol–water partition coefficient (Wildman–Crippen LogP) is 4.04. The highest BCUT2D eigenvalue weighted by Gasteiger charge is 2.10. The summed E-state index contributed by atoms with van der Waals surface area (Å²) in [4.78, 5) is 25.5. The predicted molar refractivity (Wildman–Crippen MR) is 118 cm³/mol. The number of ether oxygens (including phenoxy) is 1. The first kappa shape index (κ1) is 21.8. The number of carbonyl (C=O) groups is 1. The van der Waals surface area contributed by atoms with Crippen molar-refractivity contribution >= 4 is 17.7 Å². The molecule has 2 aromatic heterocycles. The van der Waals surface area contributed by atoms with Gasteiger partial charge in [-0.05, 0) is 61.9 Å². The number of benzene rings is 1. The van der Waals surface area contributed by atoms with E-state index in [1.165, 1.54) is 11.8 Å². The van der Waals surface area contributed by atoms with Gasteiger partial charge in [-0.2, -0.15) is 0 Å². The van der Waals surface area contributed by atoms with Crippen molar-refractivity contribution in [3.05, 3.63) is 76.9 Å². The van der Waals surface area contributed by atoms with Gasteiger partial charge < -0.3 is 10.1 Å². The van der Waals surface area contributed by atoms with Crippen LogP contribution in [-0.2, 0) is 24.4 Å². The lowest BCUT2D eigenvalue weighted by atomic mass is 10.1. The number of aromatic nitrogens is 3. The van der Waals surface area contributed by atoms with Crippen LogP contribution in [0, 0.1) is 13.8 Å². The number of thioether (sulfide) groups is 1. The van der Waals surface area contributed by atoms with Crippen LogP contribution in [0.25, 0.3) is 0 Å². The normalized spacial score (nSPS) is 10.6. The van der Waals surface area contributed by atoms with Gasteiger partial charge in [0.1, 0.15) is 12.4 Å². The van der Waals surface area contributed by atoms with Crippen molar-refractivity contribution < 1.29 is 9.53 Å². The molecule has 0 spiro atoms. The topological polar surface area (TPSA) is 77.0 Å². The van der Waals surface area contributed by atoms with Crippen LogP contribution in [0.4, 0.5) is 0 Å². The van der Waals surface area contributed by atoms with E-state index in [1.54, 1.807) is 6.20 Å². The molecule has 156 valence electrons. The van der Waals surface area contributed by atoms with Gasteiger partial charge in [-0.1, -0.05) is 30.0 Å². The van der Waals surface area contributed by atoms with Crippen molar-refractivity contribution in [3.8, 4) is 5.75 Å². The molecule has 0 fully saturated rings. The molecule has 0 unspecified atom stereocenters. The van der Waals surface area contributed by atoms with E-state index in [1.807, 2.05) is 62.6 Å². The molecule has 3 aromatic rings. The summed E-state index contributed by atoms with van der Waals surface area (Å²) >= 11 is 1.52. The van der Waals surface area contributed by atoms with Crippen molar-refractivity contribution in [2.75, 3.05) is 6.26 Å².